The molecule has 3 nitrogen and oxygen atoms in total. The lowest BCUT2D eigenvalue weighted by molar-refractivity contribution is 1.07. The highest BCUT2D eigenvalue weighted by molar-refractivity contribution is 6.64. The number of nitrogens with zero attached hydrogens (tertiary/aromatic N) is 1. The Morgan fingerprint density at radius 2 is 2.33 bits per heavy atom. The predicted molar refractivity (Wildman–Crippen MR) is 26.5 cm³/mol. The standard InChI is InChI=1S/C2H6ClN3/c3-2(5)6-1-4/h1,4H2,(H2,5,6). The minimum atomic E-state index is 0.0116. The van der Waals surface area contributed by atoms with Crippen molar-refractivity contribution in [3.8, 4) is 0 Å². The maximum absolute atomic E-state index is 5.03. The molecule has 6 heavy (non-hydrogen) atoms. The van der Waals surface area contributed by atoms with E-state index in [1.54, 1.807) is 0 Å². The summed E-state index contributed by atoms with van der Waals surface area (Å²) in [6.07, 6.45) is 0. The highest BCUT2D eigenvalue weighted by Crippen LogP contribution is 1.69. The number of aliphatic imine (C=N–C) groups is 1. The summed E-state index contributed by atoms with van der Waals surface area (Å²) in [5, 5.41) is 0.0116. The molecule has 0 aromatic rings. The summed E-state index contributed by atoms with van der Waals surface area (Å²) in [5.74, 6) is 0. The van der Waals surface area contributed by atoms with Crippen LogP contribution in [0.1, 0.15) is 0 Å². The quantitative estimate of drug-likeness (QED) is 0.268. The Morgan fingerprint density at radius 3 is 2.33 bits per heavy atom. The van der Waals surface area contributed by atoms with Crippen molar-refractivity contribution in [2.75, 3.05) is 6.67 Å². The first-order chi connectivity index (χ1) is 2.77. The van der Waals surface area contributed by atoms with Gasteiger partial charge in [0.05, 0.1) is 6.67 Å². The first kappa shape index (κ1) is 5.72. The van der Waals surface area contributed by atoms with Gasteiger partial charge in [0.1, 0.15) is 0 Å². The minimum absolute atomic E-state index is 0.0116. The maximum atomic E-state index is 5.03. The van der Waals surface area contributed by atoms with Crippen molar-refractivity contribution in [1.82, 2.24) is 0 Å². The monoisotopic (exact) mass is 107 g/mol. The Kier molecular flexibility index (Phi) is 2.80. The van der Waals surface area contributed by atoms with Gasteiger partial charge in [-0.05, 0) is 11.6 Å². The Balaban J connectivity index is 3.14. The summed E-state index contributed by atoms with van der Waals surface area (Å²) in [7, 11) is 0. The molecule has 0 aliphatic rings. The second-order valence-corrected chi connectivity index (χ2v) is 1.05. The summed E-state index contributed by atoms with van der Waals surface area (Å²) < 4.78 is 0. The molecule has 4 N–H and O–H groups in total. The molecule has 4 heteroatoms. The average molecular weight is 108 g/mol. The lowest BCUT2D eigenvalue weighted by Gasteiger charge is -1.79. The van der Waals surface area contributed by atoms with Crippen molar-refractivity contribution in [2.24, 2.45) is 16.5 Å². The van der Waals surface area contributed by atoms with E-state index >= 15 is 0 Å². The first-order valence-corrected chi connectivity index (χ1v) is 1.80. The molecule has 0 atom stereocenters. The zero-order valence-corrected chi connectivity index (χ0v) is 3.94. The molecule has 0 amide bonds. The maximum Gasteiger partial charge on any atom is 0.189 e. The number of nitrogens with two attached hydrogens (primary N) is 2. The largest absolute Gasteiger partial charge is 0.374 e. The van der Waals surface area contributed by atoms with Crippen molar-refractivity contribution in [1.29, 1.82) is 0 Å². The number of rotatable bonds is 1. The Hall–Kier alpha value is -0.280. The Labute approximate surface area is 41.0 Å². The van der Waals surface area contributed by atoms with Crippen LogP contribution in [0.3, 0.4) is 0 Å². The third-order valence-corrected chi connectivity index (χ3v) is 0.362. The van der Waals surface area contributed by atoms with E-state index in [-0.39, 0.29) is 12.0 Å². The fourth-order valence-corrected chi connectivity index (χ4v) is 0.156. The molecule has 0 aliphatic heterocycles. The van der Waals surface area contributed by atoms with E-state index in [1.165, 1.54) is 0 Å². The van der Waals surface area contributed by atoms with E-state index in [1.807, 2.05) is 0 Å². The second-order valence-electron chi connectivity index (χ2n) is 0.663. The highest BCUT2D eigenvalue weighted by Gasteiger charge is 1.71. The van der Waals surface area contributed by atoms with Crippen LogP contribution in [0.5, 0.6) is 0 Å². The molecule has 0 aromatic carbocycles. The van der Waals surface area contributed by atoms with Gasteiger partial charge in [-0.15, -0.1) is 0 Å². The van der Waals surface area contributed by atoms with Gasteiger partial charge in [0.25, 0.3) is 0 Å². The molecule has 0 heterocycles. The van der Waals surface area contributed by atoms with E-state index in [2.05, 4.69) is 4.99 Å². The van der Waals surface area contributed by atoms with Gasteiger partial charge in [-0.1, -0.05) is 0 Å². The van der Waals surface area contributed by atoms with Crippen LogP contribution in [0.15, 0.2) is 4.99 Å². The normalized spacial score (nSPS) is 12.0. The first-order valence-electron chi connectivity index (χ1n) is 1.43. The fraction of sp³-hybridized carbons (Fsp3) is 0.500. The molecule has 0 unspecified atom stereocenters. The summed E-state index contributed by atoms with van der Waals surface area (Å²) in [5.41, 5.74) is 9.72. The molecule has 0 fully saturated rings. The molecule has 0 bridgehead atoms. The molecular formula is C2H6ClN3. The van der Waals surface area contributed by atoms with Gasteiger partial charge >= 0.3 is 0 Å². The summed E-state index contributed by atoms with van der Waals surface area (Å²) in [6.45, 7) is 0.162. The van der Waals surface area contributed by atoms with Crippen LogP contribution in [0.25, 0.3) is 0 Å². The summed E-state index contributed by atoms with van der Waals surface area (Å²) in [6, 6.07) is 0. The van der Waals surface area contributed by atoms with Gasteiger partial charge in [-0.3, -0.25) is 0 Å². The van der Waals surface area contributed by atoms with E-state index < -0.39 is 0 Å². The van der Waals surface area contributed by atoms with Crippen LogP contribution in [-0.2, 0) is 0 Å². The average Bonchev–Trinajstić information content (AvgIpc) is 1.35. The molecule has 0 aliphatic carbocycles. The molecule has 0 rings (SSSR count). The van der Waals surface area contributed by atoms with Gasteiger partial charge < -0.3 is 11.5 Å². The van der Waals surface area contributed by atoms with Crippen molar-refractivity contribution < 1.29 is 0 Å². The van der Waals surface area contributed by atoms with Crippen molar-refractivity contribution >= 4 is 16.9 Å². The van der Waals surface area contributed by atoms with Gasteiger partial charge in [0, 0.05) is 0 Å². The van der Waals surface area contributed by atoms with Crippen molar-refractivity contribution in [3.63, 3.8) is 0 Å². The number of halogens is 1. The van der Waals surface area contributed by atoms with E-state index in [0.717, 1.165) is 0 Å². The van der Waals surface area contributed by atoms with Crippen LogP contribution in [-0.4, -0.2) is 12.0 Å². The highest BCUT2D eigenvalue weighted by atomic mass is 35.5. The smallest absolute Gasteiger partial charge is 0.189 e. The van der Waals surface area contributed by atoms with Crippen LogP contribution < -0.4 is 11.5 Å². The molecule has 36 valence electrons. The van der Waals surface area contributed by atoms with Crippen LogP contribution in [0, 0.1) is 0 Å². The number of amidine groups is 1. The third-order valence-electron chi connectivity index (χ3n) is 0.242. The summed E-state index contributed by atoms with van der Waals surface area (Å²) in [4.78, 5) is 3.36. The summed E-state index contributed by atoms with van der Waals surface area (Å²) >= 11 is 5.03. The van der Waals surface area contributed by atoms with E-state index in [4.69, 9.17) is 23.1 Å². The topological polar surface area (TPSA) is 64.4 Å². The van der Waals surface area contributed by atoms with Gasteiger partial charge in [-0.2, -0.15) is 0 Å². The SMILES string of the molecule is NCN=C(N)Cl. The molecule has 0 saturated carbocycles. The predicted octanol–water partition coefficient (Wildman–Crippen LogP) is -0.544. The third kappa shape index (κ3) is 3.72. The van der Waals surface area contributed by atoms with Gasteiger partial charge in [0.2, 0.25) is 0 Å². The van der Waals surface area contributed by atoms with Crippen LogP contribution in [0.4, 0.5) is 0 Å². The molecule has 0 saturated heterocycles. The van der Waals surface area contributed by atoms with Crippen molar-refractivity contribution in [3.05, 3.63) is 0 Å². The Morgan fingerprint density at radius 1 is 1.83 bits per heavy atom. The fourth-order valence-electron chi connectivity index (χ4n) is 0.0872. The number of hydrogen-bond donors (Lipinski definition) is 2. The van der Waals surface area contributed by atoms with Crippen molar-refractivity contribution in [2.45, 2.75) is 0 Å². The molecule has 0 aromatic heterocycles. The lowest BCUT2D eigenvalue weighted by atomic mass is 11.1. The lowest BCUT2D eigenvalue weighted by Crippen LogP contribution is -2.06. The van der Waals surface area contributed by atoms with E-state index in [0.29, 0.717) is 0 Å². The van der Waals surface area contributed by atoms with Crippen LogP contribution in [0.2, 0.25) is 0 Å². The number of hydrogen-bond acceptors (Lipinski definition) is 2. The molecular weight excluding hydrogens is 101 g/mol. The van der Waals surface area contributed by atoms with Gasteiger partial charge in [-0.25, -0.2) is 4.99 Å². The minimum Gasteiger partial charge on any atom is -0.374 e. The second kappa shape index (κ2) is 2.93. The van der Waals surface area contributed by atoms with Crippen LogP contribution >= 0.6 is 11.6 Å². The Bertz CT molecular complexity index is 55.8. The van der Waals surface area contributed by atoms with E-state index in [9.17, 15) is 0 Å². The molecule has 0 spiro atoms. The molecule has 0 radical (unpaired) electrons. The zero-order chi connectivity index (χ0) is 4.99. The van der Waals surface area contributed by atoms with Gasteiger partial charge in [0.15, 0.2) is 5.29 Å². The zero-order valence-electron chi connectivity index (χ0n) is 3.19.